The van der Waals surface area contributed by atoms with Crippen LogP contribution in [0.25, 0.3) is 0 Å². The lowest BCUT2D eigenvalue weighted by Gasteiger charge is -2.18. The van der Waals surface area contributed by atoms with Crippen LogP contribution in [0.15, 0.2) is 36.5 Å². The molecular formula is C15H18FN3O. The van der Waals surface area contributed by atoms with Crippen molar-refractivity contribution in [2.24, 2.45) is 5.84 Å². The lowest BCUT2D eigenvalue weighted by Crippen LogP contribution is -2.30. The van der Waals surface area contributed by atoms with Gasteiger partial charge in [0, 0.05) is 11.9 Å². The molecule has 1 unspecified atom stereocenters. The van der Waals surface area contributed by atoms with Crippen LogP contribution >= 0.6 is 0 Å². The van der Waals surface area contributed by atoms with E-state index < -0.39 is 0 Å². The first-order chi connectivity index (χ1) is 9.67. The number of benzene rings is 1. The maximum absolute atomic E-state index is 14.2. The van der Waals surface area contributed by atoms with Crippen LogP contribution < -0.4 is 16.0 Å². The summed E-state index contributed by atoms with van der Waals surface area (Å²) in [5.74, 6) is 5.50. The van der Waals surface area contributed by atoms with Gasteiger partial charge in [0.1, 0.15) is 0 Å². The van der Waals surface area contributed by atoms with Gasteiger partial charge >= 0.3 is 0 Å². The van der Waals surface area contributed by atoms with Crippen molar-refractivity contribution in [2.75, 3.05) is 7.11 Å². The third kappa shape index (κ3) is 2.95. The van der Waals surface area contributed by atoms with E-state index in [1.165, 1.54) is 7.11 Å². The number of aromatic nitrogens is 1. The predicted octanol–water partition coefficient (Wildman–Crippen LogP) is 2.28. The minimum absolute atomic E-state index is 0.203. The molecule has 4 nitrogen and oxygen atoms in total. The summed E-state index contributed by atoms with van der Waals surface area (Å²) in [5, 5.41) is 0. The predicted molar refractivity (Wildman–Crippen MR) is 75.7 cm³/mol. The highest BCUT2D eigenvalue weighted by Crippen LogP contribution is 2.25. The summed E-state index contributed by atoms with van der Waals surface area (Å²) in [7, 11) is 1.45. The van der Waals surface area contributed by atoms with Crippen LogP contribution in [-0.2, 0) is 6.42 Å². The van der Waals surface area contributed by atoms with Gasteiger partial charge < -0.3 is 4.74 Å². The lowest BCUT2D eigenvalue weighted by atomic mass is 9.98. The van der Waals surface area contributed by atoms with Crippen molar-refractivity contribution in [3.05, 3.63) is 59.2 Å². The molecule has 1 atom stereocenters. The molecule has 5 heteroatoms. The quantitative estimate of drug-likeness (QED) is 0.649. The summed E-state index contributed by atoms with van der Waals surface area (Å²) >= 11 is 0. The third-order valence-electron chi connectivity index (χ3n) is 3.31. The summed E-state index contributed by atoms with van der Waals surface area (Å²) in [6.07, 6.45) is 2.14. The Morgan fingerprint density at radius 1 is 1.35 bits per heavy atom. The molecule has 0 bridgehead atoms. The van der Waals surface area contributed by atoms with Crippen LogP contribution in [0, 0.1) is 12.7 Å². The molecular weight excluding hydrogens is 257 g/mol. The molecule has 1 heterocycles. The number of hydrazine groups is 1. The van der Waals surface area contributed by atoms with Gasteiger partial charge in [0.25, 0.3) is 0 Å². The van der Waals surface area contributed by atoms with Gasteiger partial charge in [-0.05, 0) is 36.6 Å². The van der Waals surface area contributed by atoms with Gasteiger partial charge in [-0.3, -0.25) is 16.3 Å². The van der Waals surface area contributed by atoms with E-state index in [4.69, 9.17) is 10.6 Å². The highest BCUT2D eigenvalue weighted by Gasteiger charge is 2.17. The average Bonchev–Trinajstić information content (AvgIpc) is 2.47. The molecule has 0 aliphatic rings. The number of halogens is 1. The van der Waals surface area contributed by atoms with Crippen LogP contribution in [-0.4, -0.2) is 12.1 Å². The lowest BCUT2D eigenvalue weighted by molar-refractivity contribution is 0.382. The number of rotatable bonds is 5. The van der Waals surface area contributed by atoms with Gasteiger partial charge in [-0.25, -0.2) is 4.39 Å². The zero-order chi connectivity index (χ0) is 14.5. The summed E-state index contributed by atoms with van der Waals surface area (Å²) in [5.41, 5.74) is 5.11. The minimum Gasteiger partial charge on any atom is -0.494 e. The van der Waals surface area contributed by atoms with E-state index in [1.54, 1.807) is 24.4 Å². The molecule has 106 valence electrons. The Kier molecular flexibility index (Phi) is 4.65. The third-order valence-corrected chi connectivity index (χ3v) is 3.31. The largest absolute Gasteiger partial charge is 0.494 e. The summed E-state index contributed by atoms with van der Waals surface area (Å²) < 4.78 is 19.2. The molecule has 0 spiro atoms. The standard InChI is InChI=1S/C15H18FN3O/c1-10-12(6-4-8-18-10)13(19-17)9-11-5-3-7-14(20-2)15(11)16/h3-8,13,19H,9,17H2,1-2H3. The molecule has 20 heavy (non-hydrogen) atoms. The smallest absolute Gasteiger partial charge is 0.168 e. The Morgan fingerprint density at radius 3 is 2.80 bits per heavy atom. The van der Waals surface area contributed by atoms with Gasteiger partial charge in [-0.15, -0.1) is 0 Å². The van der Waals surface area contributed by atoms with Crippen molar-refractivity contribution in [1.82, 2.24) is 10.4 Å². The number of aryl methyl sites for hydroxylation is 1. The molecule has 0 saturated carbocycles. The first-order valence-electron chi connectivity index (χ1n) is 6.36. The van der Waals surface area contributed by atoms with Crippen LogP contribution in [0.1, 0.15) is 22.9 Å². The van der Waals surface area contributed by atoms with Gasteiger partial charge in [0.2, 0.25) is 0 Å². The number of hydrogen-bond donors (Lipinski definition) is 2. The van der Waals surface area contributed by atoms with E-state index in [0.717, 1.165) is 11.3 Å². The zero-order valence-corrected chi connectivity index (χ0v) is 11.6. The normalized spacial score (nSPS) is 12.2. The summed E-state index contributed by atoms with van der Waals surface area (Å²) in [6, 6.07) is 8.67. The zero-order valence-electron chi connectivity index (χ0n) is 11.6. The van der Waals surface area contributed by atoms with E-state index in [2.05, 4.69) is 10.4 Å². The number of nitrogens with two attached hydrogens (primary N) is 1. The van der Waals surface area contributed by atoms with Crippen molar-refractivity contribution in [1.29, 1.82) is 0 Å². The van der Waals surface area contributed by atoms with Crippen LogP contribution in [0.4, 0.5) is 4.39 Å². The highest BCUT2D eigenvalue weighted by molar-refractivity contribution is 5.33. The molecule has 1 aromatic heterocycles. The first kappa shape index (κ1) is 14.4. The van der Waals surface area contributed by atoms with E-state index in [-0.39, 0.29) is 17.6 Å². The van der Waals surface area contributed by atoms with E-state index in [1.807, 2.05) is 19.1 Å². The van der Waals surface area contributed by atoms with Crippen molar-refractivity contribution in [3.63, 3.8) is 0 Å². The molecule has 0 fully saturated rings. The Balaban J connectivity index is 2.30. The second kappa shape index (κ2) is 6.45. The molecule has 1 aromatic carbocycles. The molecule has 0 aliphatic heterocycles. The number of methoxy groups -OCH3 is 1. The monoisotopic (exact) mass is 275 g/mol. The fourth-order valence-electron chi connectivity index (χ4n) is 2.22. The number of nitrogens with one attached hydrogen (secondary N) is 1. The Labute approximate surface area is 117 Å². The summed E-state index contributed by atoms with van der Waals surface area (Å²) in [4.78, 5) is 4.23. The molecule has 0 amide bonds. The first-order valence-corrected chi connectivity index (χ1v) is 6.36. The van der Waals surface area contributed by atoms with E-state index in [0.29, 0.717) is 12.0 Å². The number of ether oxygens (including phenoxy) is 1. The van der Waals surface area contributed by atoms with Crippen molar-refractivity contribution < 1.29 is 9.13 Å². The van der Waals surface area contributed by atoms with Gasteiger partial charge in [-0.1, -0.05) is 18.2 Å². The van der Waals surface area contributed by atoms with Crippen LogP contribution in [0.5, 0.6) is 5.75 Å². The highest BCUT2D eigenvalue weighted by atomic mass is 19.1. The van der Waals surface area contributed by atoms with Crippen LogP contribution in [0.2, 0.25) is 0 Å². The van der Waals surface area contributed by atoms with Crippen molar-refractivity contribution in [3.8, 4) is 5.75 Å². The molecule has 3 N–H and O–H groups in total. The Morgan fingerprint density at radius 2 is 2.15 bits per heavy atom. The topological polar surface area (TPSA) is 60.2 Å². The Hall–Kier alpha value is -1.98. The van der Waals surface area contributed by atoms with E-state index >= 15 is 0 Å². The second-order valence-corrected chi connectivity index (χ2v) is 4.53. The number of pyridine rings is 1. The molecule has 2 rings (SSSR count). The molecule has 0 saturated heterocycles. The fourth-order valence-corrected chi connectivity index (χ4v) is 2.22. The van der Waals surface area contributed by atoms with Gasteiger partial charge in [-0.2, -0.15) is 0 Å². The number of nitrogens with zero attached hydrogens (tertiary/aromatic N) is 1. The molecule has 0 radical (unpaired) electrons. The maximum Gasteiger partial charge on any atom is 0.168 e. The number of hydrogen-bond acceptors (Lipinski definition) is 4. The SMILES string of the molecule is COc1cccc(CC(NN)c2cccnc2C)c1F. The van der Waals surface area contributed by atoms with Crippen molar-refractivity contribution >= 4 is 0 Å². The molecule has 0 aliphatic carbocycles. The Bertz CT molecular complexity index is 589. The second-order valence-electron chi connectivity index (χ2n) is 4.53. The average molecular weight is 275 g/mol. The van der Waals surface area contributed by atoms with Gasteiger partial charge in [0.15, 0.2) is 11.6 Å². The van der Waals surface area contributed by atoms with E-state index in [9.17, 15) is 4.39 Å². The fraction of sp³-hybridized carbons (Fsp3) is 0.267. The minimum atomic E-state index is -0.350. The summed E-state index contributed by atoms with van der Waals surface area (Å²) in [6.45, 7) is 1.90. The molecule has 2 aromatic rings. The van der Waals surface area contributed by atoms with Crippen LogP contribution in [0.3, 0.4) is 0 Å². The van der Waals surface area contributed by atoms with Gasteiger partial charge in [0.05, 0.1) is 13.2 Å². The van der Waals surface area contributed by atoms with Crippen molar-refractivity contribution in [2.45, 2.75) is 19.4 Å². The maximum atomic E-state index is 14.2.